The fraction of sp³-hybridized carbons (Fsp3) is 0.321. The predicted molar refractivity (Wildman–Crippen MR) is 152 cm³/mol. The van der Waals surface area contributed by atoms with Crippen LogP contribution < -0.4 is 10.1 Å². The van der Waals surface area contributed by atoms with Crippen molar-refractivity contribution in [3.63, 3.8) is 0 Å². The number of hydrogen-bond donors (Lipinski definition) is 2. The van der Waals surface area contributed by atoms with E-state index in [0.717, 1.165) is 32.5 Å². The van der Waals surface area contributed by atoms with Gasteiger partial charge in [-0.1, -0.05) is 44.2 Å². The largest absolute Gasteiger partial charge is 0.494 e. The van der Waals surface area contributed by atoms with Crippen LogP contribution in [-0.4, -0.2) is 45.5 Å². The number of imidazole rings is 1. The Bertz CT molecular complexity index is 1500. The molecule has 9 heteroatoms. The highest BCUT2D eigenvalue weighted by atomic mass is 79.9. The zero-order chi connectivity index (χ0) is 26.7. The summed E-state index contributed by atoms with van der Waals surface area (Å²) in [6.07, 6.45) is 1.84. The molecule has 0 saturated carbocycles. The van der Waals surface area contributed by atoms with Gasteiger partial charge in [0, 0.05) is 31.2 Å². The number of nitrogens with one attached hydrogen (secondary N) is 2. The van der Waals surface area contributed by atoms with E-state index in [-0.39, 0.29) is 10.9 Å². The number of rotatable bonds is 10. The molecule has 1 aromatic heterocycles. The molecule has 0 aliphatic carbocycles. The number of halogens is 1. The van der Waals surface area contributed by atoms with Crippen LogP contribution in [0.5, 0.6) is 5.75 Å². The lowest BCUT2D eigenvalue weighted by Gasteiger charge is -2.22. The van der Waals surface area contributed by atoms with Crippen LogP contribution in [0.25, 0.3) is 22.4 Å². The van der Waals surface area contributed by atoms with Gasteiger partial charge in [-0.3, -0.25) is 0 Å². The molecule has 4 rings (SSSR count). The molecule has 196 valence electrons. The van der Waals surface area contributed by atoms with E-state index in [1.54, 1.807) is 32.4 Å². The molecule has 0 amide bonds. The molecular weight excluding hydrogens is 554 g/mol. The first kappa shape index (κ1) is 27.2. The number of benzene rings is 3. The molecule has 1 heterocycles. The van der Waals surface area contributed by atoms with Gasteiger partial charge in [-0.05, 0) is 63.7 Å². The second-order valence-corrected chi connectivity index (χ2v) is 12.2. The molecule has 4 aromatic rings. The molecule has 0 aliphatic heterocycles. The van der Waals surface area contributed by atoms with Crippen molar-refractivity contribution < 1.29 is 17.9 Å². The van der Waals surface area contributed by atoms with E-state index in [9.17, 15) is 8.42 Å². The lowest BCUT2D eigenvalue weighted by atomic mass is 10.0. The first-order valence-corrected chi connectivity index (χ1v) is 14.7. The average molecular weight is 587 g/mol. The van der Waals surface area contributed by atoms with Gasteiger partial charge in [0.2, 0.25) is 0 Å². The van der Waals surface area contributed by atoms with E-state index >= 15 is 0 Å². The van der Waals surface area contributed by atoms with Crippen molar-refractivity contribution >= 4 is 42.5 Å². The maximum Gasteiger partial charge on any atom is 0.175 e. The Hall–Kier alpha value is -2.88. The quantitative estimate of drug-likeness (QED) is 0.214. The fourth-order valence-electron chi connectivity index (χ4n) is 4.26. The monoisotopic (exact) mass is 585 g/mol. The van der Waals surface area contributed by atoms with Gasteiger partial charge in [0.1, 0.15) is 22.6 Å². The summed E-state index contributed by atoms with van der Waals surface area (Å²) in [5.74, 6) is 1.87. The van der Waals surface area contributed by atoms with Crippen molar-refractivity contribution in [1.29, 1.82) is 0 Å². The number of sulfone groups is 1. The van der Waals surface area contributed by atoms with Crippen molar-refractivity contribution in [2.75, 3.05) is 32.4 Å². The van der Waals surface area contributed by atoms with Crippen molar-refractivity contribution in [2.24, 2.45) is 0 Å². The van der Waals surface area contributed by atoms with Gasteiger partial charge in [-0.2, -0.15) is 0 Å². The Kier molecular flexibility index (Phi) is 8.26. The maximum atomic E-state index is 12.1. The number of aromatic amines is 1. The average Bonchev–Trinajstić information content (AvgIpc) is 3.33. The van der Waals surface area contributed by atoms with E-state index in [1.165, 1.54) is 11.8 Å². The SMILES string of the molecule is COCCC(Nc1cccc(S(C)(=O)=O)c1)c1cc(OC)c2[nH]c(-c3ccc(C(C)C)cc3)nc2c1Br. The third kappa shape index (κ3) is 6.00. The molecule has 0 spiro atoms. The van der Waals surface area contributed by atoms with Crippen molar-refractivity contribution in [1.82, 2.24) is 9.97 Å². The topological polar surface area (TPSA) is 93.3 Å². The number of H-pyrrole nitrogens is 1. The van der Waals surface area contributed by atoms with Crippen LogP contribution in [-0.2, 0) is 14.6 Å². The van der Waals surface area contributed by atoms with Crippen LogP contribution in [0.15, 0.2) is 64.0 Å². The minimum Gasteiger partial charge on any atom is -0.494 e. The summed E-state index contributed by atoms with van der Waals surface area (Å²) < 4.78 is 36.1. The van der Waals surface area contributed by atoms with Crippen LogP contribution in [0.3, 0.4) is 0 Å². The molecule has 3 aromatic carbocycles. The normalized spacial score (nSPS) is 12.7. The van der Waals surface area contributed by atoms with Crippen LogP contribution in [0.1, 0.15) is 43.4 Å². The summed E-state index contributed by atoms with van der Waals surface area (Å²) in [6.45, 7) is 4.85. The smallest absolute Gasteiger partial charge is 0.175 e. The molecule has 0 saturated heterocycles. The van der Waals surface area contributed by atoms with E-state index in [2.05, 4.69) is 64.3 Å². The highest BCUT2D eigenvalue weighted by molar-refractivity contribution is 9.10. The summed E-state index contributed by atoms with van der Waals surface area (Å²) >= 11 is 3.80. The Morgan fingerprint density at radius 1 is 1.08 bits per heavy atom. The van der Waals surface area contributed by atoms with Crippen LogP contribution in [0.4, 0.5) is 5.69 Å². The van der Waals surface area contributed by atoms with E-state index < -0.39 is 9.84 Å². The highest BCUT2D eigenvalue weighted by Gasteiger charge is 2.22. The molecular formula is C28H32BrN3O4S. The van der Waals surface area contributed by atoms with E-state index in [1.807, 2.05) is 12.1 Å². The molecule has 0 bridgehead atoms. The zero-order valence-electron chi connectivity index (χ0n) is 21.6. The summed E-state index contributed by atoms with van der Waals surface area (Å²) in [4.78, 5) is 8.61. The lowest BCUT2D eigenvalue weighted by Crippen LogP contribution is -2.14. The zero-order valence-corrected chi connectivity index (χ0v) is 24.0. The fourth-order valence-corrected chi connectivity index (χ4v) is 5.60. The Labute approximate surface area is 226 Å². The second-order valence-electron chi connectivity index (χ2n) is 9.35. The molecule has 2 N–H and O–H groups in total. The Morgan fingerprint density at radius 3 is 2.43 bits per heavy atom. The molecule has 1 unspecified atom stereocenters. The summed E-state index contributed by atoms with van der Waals surface area (Å²) in [5, 5.41) is 3.49. The Morgan fingerprint density at radius 2 is 1.81 bits per heavy atom. The lowest BCUT2D eigenvalue weighted by molar-refractivity contribution is 0.190. The molecule has 7 nitrogen and oxygen atoms in total. The summed E-state index contributed by atoms with van der Waals surface area (Å²) in [6, 6.07) is 17.0. The first-order chi connectivity index (χ1) is 17.6. The van der Waals surface area contributed by atoms with Gasteiger partial charge in [-0.25, -0.2) is 13.4 Å². The van der Waals surface area contributed by atoms with Crippen LogP contribution in [0, 0.1) is 0 Å². The van der Waals surface area contributed by atoms with Crippen molar-refractivity contribution in [3.05, 3.63) is 70.2 Å². The standard InChI is InChI=1S/C28H32BrN3O4S/c1-17(2)18-9-11-19(12-10-18)28-31-26-24(36-4)16-22(25(29)27(26)32-28)23(13-14-35-3)30-20-7-6-8-21(15-20)37(5,33)34/h6-12,15-17,23,30H,13-14H2,1-5H3,(H,31,32). The van der Waals surface area contributed by atoms with Gasteiger partial charge in [-0.15, -0.1) is 0 Å². The van der Waals surface area contributed by atoms with Crippen molar-refractivity contribution in [2.45, 2.75) is 37.1 Å². The number of ether oxygens (including phenoxy) is 2. The third-order valence-corrected chi connectivity index (χ3v) is 8.30. The molecule has 37 heavy (non-hydrogen) atoms. The first-order valence-electron chi connectivity index (χ1n) is 12.0. The van der Waals surface area contributed by atoms with Gasteiger partial charge in [0.25, 0.3) is 0 Å². The summed E-state index contributed by atoms with van der Waals surface area (Å²) in [7, 11) is -0.0358. The van der Waals surface area contributed by atoms with Gasteiger partial charge in [0.15, 0.2) is 9.84 Å². The number of aromatic nitrogens is 2. The second kappa shape index (κ2) is 11.2. The van der Waals surface area contributed by atoms with Crippen molar-refractivity contribution in [3.8, 4) is 17.1 Å². The molecule has 0 aliphatic rings. The highest BCUT2D eigenvalue weighted by Crippen LogP contribution is 2.40. The summed E-state index contributed by atoms with van der Waals surface area (Å²) in [5.41, 5.74) is 5.44. The minimum absolute atomic E-state index is 0.201. The third-order valence-electron chi connectivity index (χ3n) is 6.36. The molecule has 0 fully saturated rings. The number of nitrogens with zero attached hydrogens (tertiary/aromatic N) is 1. The van der Waals surface area contributed by atoms with Crippen LogP contribution >= 0.6 is 15.9 Å². The number of anilines is 1. The number of fused-ring (bicyclic) bond motifs is 1. The van der Waals surface area contributed by atoms with E-state index in [0.29, 0.717) is 30.4 Å². The maximum absolute atomic E-state index is 12.1. The van der Waals surface area contributed by atoms with Gasteiger partial charge < -0.3 is 19.8 Å². The number of methoxy groups -OCH3 is 2. The van der Waals surface area contributed by atoms with E-state index in [4.69, 9.17) is 14.5 Å². The predicted octanol–water partition coefficient (Wildman–Crippen LogP) is 6.72. The minimum atomic E-state index is -3.33. The van der Waals surface area contributed by atoms with Gasteiger partial charge >= 0.3 is 0 Å². The van der Waals surface area contributed by atoms with Crippen LogP contribution in [0.2, 0.25) is 0 Å². The number of hydrogen-bond acceptors (Lipinski definition) is 6. The van der Waals surface area contributed by atoms with Gasteiger partial charge in [0.05, 0.1) is 22.5 Å². The Balaban J connectivity index is 1.78. The molecule has 0 radical (unpaired) electrons. The molecule has 1 atom stereocenters.